The second kappa shape index (κ2) is 4.89. The molecule has 1 saturated carbocycles. The van der Waals surface area contributed by atoms with Gasteiger partial charge in [-0.05, 0) is 48.0 Å². The molecule has 0 atom stereocenters. The summed E-state index contributed by atoms with van der Waals surface area (Å²) in [6, 6.07) is 2.33. The van der Waals surface area contributed by atoms with E-state index >= 15 is 0 Å². The average molecular weight is 263 g/mol. The summed E-state index contributed by atoms with van der Waals surface area (Å²) in [6.45, 7) is 2.81. The molecular formula is C10H13N7S. The Morgan fingerprint density at radius 1 is 1.50 bits per heavy atom. The molecule has 3 rings (SSSR count). The summed E-state index contributed by atoms with van der Waals surface area (Å²) in [5.41, 5.74) is 0. The molecule has 0 aliphatic heterocycles. The minimum Gasteiger partial charge on any atom is -0.354 e. The third kappa shape index (κ3) is 2.42. The topological polar surface area (TPSA) is 81.4 Å². The van der Waals surface area contributed by atoms with Gasteiger partial charge in [0.15, 0.2) is 0 Å². The molecule has 0 saturated heterocycles. The van der Waals surface area contributed by atoms with Gasteiger partial charge in [0.2, 0.25) is 11.1 Å². The Kier molecular flexibility index (Phi) is 3.09. The molecule has 8 heteroatoms. The lowest BCUT2D eigenvalue weighted by Gasteiger charge is -2.04. The van der Waals surface area contributed by atoms with Gasteiger partial charge in [0.25, 0.3) is 0 Å². The molecule has 0 aromatic carbocycles. The Balaban J connectivity index is 1.78. The highest BCUT2D eigenvalue weighted by Gasteiger charge is 2.28. The molecule has 18 heavy (non-hydrogen) atoms. The van der Waals surface area contributed by atoms with Gasteiger partial charge in [-0.25, -0.2) is 14.6 Å². The predicted molar refractivity (Wildman–Crippen MR) is 66.4 cm³/mol. The van der Waals surface area contributed by atoms with Crippen molar-refractivity contribution >= 4 is 17.7 Å². The fourth-order valence-corrected chi connectivity index (χ4v) is 2.34. The zero-order valence-corrected chi connectivity index (χ0v) is 10.8. The van der Waals surface area contributed by atoms with Gasteiger partial charge in [-0.2, -0.15) is 0 Å². The quantitative estimate of drug-likeness (QED) is 0.816. The third-order valence-electron chi connectivity index (χ3n) is 2.52. The van der Waals surface area contributed by atoms with Crippen molar-refractivity contribution in [3.05, 3.63) is 12.3 Å². The molecule has 1 fully saturated rings. The van der Waals surface area contributed by atoms with Crippen LogP contribution in [-0.4, -0.2) is 36.7 Å². The summed E-state index contributed by atoms with van der Waals surface area (Å²) >= 11 is 1.46. The van der Waals surface area contributed by atoms with Gasteiger partial charge in [-0.1, -0.05) is 0 Å². The van der Waals surface area contributed by atoms with E-state index in [2.05, 4.69) is 30.8 Å². The van der Waals surface area contributed by atoms with Gasteiger partial charge >= 0.3 is 0 Å². The molecule has 2 heterocycles. The Morgan fingerprint density at radius 3 is 3.17 bits per heavy atom. The normalized spacial score (nSPS) is 14.7. The third-order valence-corrected chi connectivity index (χ3v) is 3.40. The highest BCUT2D eigenvalue weighted by atomic mass is 32.2. The van der Waals surface area contributed by atoms with Crippen LogP contribution in [0.15, 0.2) is 22.4 Å². The van der Waals surface area contributed by atoms with Gasteiger partial charge in [0.1, 0.15) is 5.03 Å². The van der Waals surface area contributed by atoms with Crippen LogP contribution >= 0.6 is 11.8 Å². The monoisotopic (exact) mass is 263 g/mol. The lowest BCUT2D eigenvalue weighted by atomic mass is 10.6. The second-order valence-electron chi connectivity index (χ2n) is 3.99. The largest absolute Gasteiger partial charge is 0.354 e. The molecule has 0 unspecified atom stereocenters. The van der Waals surface area contributed by atoms with Crippen molar-refractivity contribution in [2.45, 2.75) is 36.0 Å². The number of anilines is 1. The molecule has 1 aliphatic rings. The van der Waals surface area contributed by atoms with E-state index in [0.29, 0.717) is 12.0 Å². The molecule has 0 radical (unpaired) electrons. The van der Waals surface area contributed by atoms with Crippen LogP contribution in [0.5, 0.6) is 0 Å². The van der Waals surface area contributed by atoms with Crippen molar-refractivity contribution in [3.8, 4) is 0 Å². The van der Waals surface area contributed by atoms with Gasteiger partial charge < -0.3 is 5.32 Å². The summed E-state index contributed by atoms with van der Waals surface area (Å²) in [6.07, 6.45) is 4.05. The van der Waals surface area contributed by atoms with E-state index in [4.69, 9.17) is 0 Å². The first-order valence-corrected chi connectivity index (χ1v) is 6.71. The van der Waals surface area contributed by atoms with Crippen molar-refractivity contribution in [1.82, 2.24) is 30.2 Å². The van der Waals surface area contributed by atoms with Crippen molar-refractivity contribution in [1.29, 1.82) is 0 Å². The SMILES string of the molecule is CCNc1nccc(Sc2nnnn2C2CC2)n1. The number of nitrogens with zero attached hydrogens (tertiary/aromatic N) is 6. The van der Waals surface area contributed by atoms with Crippen LogP contribution in [0.1, 0.15) is 25.8 Å². The molecule has 1 N–H and O–H groups in total. The van der Waals surface area contributed by atoms with Crippen molar-refractivity contribution in [2.24, 2.45) is 0 Å². The van der Waals surface area contributed by atoms with Crippen LogP contribution in [0.4, 0.5) is 5.95 Å². The van der Waals surface area contributed by atoms with E-state index in [9.17, 15) is 0 Å². The van der Waals surface area contributed by atoms with Crippen LogP contribution < -0.4 is 5.32 Å². The van der Waals surface area contributed by atoms with Crippen LogP contribution in [0.2, 0.25) is 0 Å². The standard InChI is InChI=1S/C10H13N7S/c1-2-11-9-12-6-5-8(13-9)18-10-14-15-16-17(10)7-3-4-7/h5-7H,2-4H2,1H3,(H,11,12,13). The number of hydrogen-bond acceptors (Lipinski definition) is 7. The molecule has 7 nitrogen and oxygen atoms in total. The molecule has 0 bridgehead atoms. The van der Waals surface area contributed by atoms with Gasteiger partial charge in [-0.3, -0.25) is 0 Å². The number of nitrogens with one attached hydrogen (secondary N) is 1. The minimum atomic E-state index is 0.470. The maximum atomic E-state index is 4.39. The maximum absolute atomic E-state index is 4.39. The van der Waals surface area contributed by atoms with Crippen LogP contribution in [-0.2, 0) is 0 Å². The summed E-state index contributed by atoms with van der Waals surface area (Å²) in [5, 5.41) is 16.5. The Hall–Kier alpha value is -1.70. The minimum absolute atomic E-state index is 0.470. The second-order valence-corrected chi connectivity index (χ2v) is 4.98. The van der Waals surface area contributed by atoms with E-state index in [0.717, 1.165) is 29.6 Å². The Bertz CT molecular complexity index is 537. The fourth-order valence-electron chi connectivity index (χ4n) is 1.54. The van der Waals surface area contributed by atoms with Crippen LogP contribution in [0, 0.1) is 0 Å². The van der Waals surface area contributed by atoms with Crippen molar-refractivity contribution in [3.63, 3.8) is 0 Å². The average Bonchev–Trinajstić information content (AvgIpc) is 3.12. The molecule has 0 amide bonds. The lowest BCUT2D eigenvalue weighted by molar-refractivity contribution is 0.565. The maximum Gasteiger partial charge on any atom is 0.223 e. The van der Waals surface area contributed by atoms with E-state index in [-0.39, 0.29) is 0 Å². The van der Waals surface area contributed by atoms with E-state index < -0.39 is 0 Å². The van der Waals surface area contributed by atoms with Crippen LogP contribution in [0.3, 0.4) is 0 Å². The number of aromatic nitrogens is 6. The highest BCUT2D eigenvalue weighted by molar-refractivity contribution is 7.99. The highest BCUT2D eigenvalue weighted by Crippen LogP contribution is 2.37. The van der Waals surface area contributed by atoms with Gasteiger partial charge in [0.05, 0.1) is 6.04 Å². The summed E-state index contributed by atoms with van der Waals surface area (Å²) in [5.74, 6) is 0.632. The van der Waals surface area contributed by atoms with Crippen molar-refractivity contribution < 1.29 is 0 Å². The number of rotatable bonds is 5. The first kappa shape index (κ1) is 11.4. The number of tetrazole rings is 1. The number of hydrogen-bond donors (Lipinski definition) is 1. The molecule has 0 spiro atoms. The summed E-state index contributed by atoms with van der Waals surface area (Å²) < 4.78 is 1.87. The first-order chi connectivity index (χ1) is 8.86. The molecule has 94 valence electrons. The van der Waals surface area contributed by atoms with E-state index in [1.165, 1.54) is 11.8 Å². The van der Waals surface area contributed by atoms with E-state index in [1.807, 2.05) is 17.7 Å². The first-order valence-electron chi connectivity index (χ1n) is 5.89. The predicted octanol–water partition coefficient (Wildman–Crippen LogP) is 1.38. The van der Waals surface area contributed by atoms with Crippen molar-refractivity contribution in [2.75, 3.05) is 11.9 Å². The Labute approximate surface area is 108 Å². The Morgan fingerprint density at radius 2 is 2.39 bits per heavy atom. The summed E-state index contributed by atoms with van der Waals surface area (Å²) in [7, 11) is 0. The smallest absolute Gasteiger partial charge is 0.223 e. The van der Waals surface area contributed by atoms with Gasteiger partial charge in [0, 0.05) is 12.7 Å². The fraction of sp³-hybridized carbons (Fsp3) is 0.500. The zero-order chi connectivity index (χ0) is 12.4. The molecule has 1 aliphatic carbocycles. The molecular weight excluding hydrogens is 250 g/mol. The zero-order valence-electron chi connectivity index (χ0n) is 9.94. The summed E-state index contributed by atoms with van der Waals surface area (Å²) in [4.78, 5) is 8.52. The molecule has 2 aromatic heterocycles. The van der Waals surface area contributed by atoms with Crippen LogP contribution in [0.25, 0.3) is 0 Å². The van der Waals surface area contributed by atoms with E-state index in [1.54, 1.807) is 6.20 Å². The van der Waals surface area contributed by atoms with Gasteiger partial charge in [-0.15, -0.1) is 5.10 Å². The molecule has 2 aromatic rings. The lowest BCUT2D eigenvalue weighted by Crippen LogP contribution is -2.02.